The Morgan fingerprint density at radius 3 is 2.50 bits per heavy atom. The Bertz CT molecular complexity index is 629. The van der Waals surface area contributed by atoms with Gasteiger partial charge in [0.25, 0.3) is 0 Å². The number of nitrogens with one attached hydrogen (secondary N) is 1. The first-order valence-corrected chi connectivity index (χ1v) is 12.6. The molecule has 7 nitrogen and oxygen atoms in total. The fourth-order valence-electron chi connectivity index (χ4n) is 3.77. The summed E-state index contributed by atoms with van der Waals surface area (Å²) in [5.74, 6) is 2.34. The van der Waals surface area contributed by atoms with Gasteiger partial charge in [-0.15, -0.1) is 35.3 Å². The summed E-state index contributed by atoms with van der Waals surface area (Å²) in [6.45, 7) is 7.03. The second-order valence-corrected chi connectivity index (χ2v) is 9.77. The standard InChI is InChI=1S/C20H34N6OS2.HI/c1-21-19(22-7-6-15-28-20-23-8-16-29-20)26-13-11-24(12-14-26)17-18(27)25-9-4-2-3-5-10-25;/h8,16H,2-7,9-15,17H2,1H3,(H,21,22);1H. The van der Waals surface area contributed by atoms with Crippen LogP contribution in [0, 0.1) is 0 Å². The molecule has 0 aliphatic carbocycles. The third-order valence-corrected chi connectivity index (χ3v) is 7.49. The van der Waals surface area contributed by atoms with Gasteiger partial charge in [-0.25, -0.2) is 4.98 Å². The lowest BCUT2D eigenvalue weighted by Gasteiger charge is -2.37. The number of halogens is 1. The minimum atomic E-state index is 0. The van der Waals surface area contributed by atoms with Gasteiger partial charge in [0.2, 0.25) is 5.91 Å². The minimum Gasteiger partial charge on any atom is -0.356 e. The molecule has 0 unspecified atom stereocenters. The molecule has 2 aliphatic rings. The average Bonchev–Trinajstić information content (AvgIpc) is 3.11. The number of rotatable bonds is 7. The summed E-state index contributed by atoms with van der Waals surface area (Å²) in [5.41, 5.74) is 0. The van der Waals surface area contributed by atoms with Gasteiger partial charge in [-0.3, -0.25) is 14.7 Å². The molecule has 0 radical (unpaired) electrons. The van der Waals surface area contributed by atoms with E-state index in [2.05, 4.69) is 30.0 Å². The SMILES string of the molecule is CN=C(NCCCSc1nccs1)N1CCN(CC(=O)N2CCCCCC2)CC1.I. The Labute approximate surface area is 206 Å². The van der Waals surface area contributed by atoms with Crippen molar-refractivity contribution < 1.29 is 4.79 Å². The van der Waals surface area contributed by atoms with Crippen LogP contribution in [-0.2, 0) is 4.79 Å². The lowest BCUT2D eigenvalue weighted by Crippen LogP contribution is -2.54. The highest BCUT2D eigenvalue weighted by Gasteiger charge is 2.23. The van der Waals surface area contributed by atoms with E-state index >= 15 is 0 Å². The highest BCUT2D eigenvalue weighted by atomic mass is 127. The van der Waals surface area contributed by atoms with Gasteiger partial charge in [-0.1, -0.05) is 24.6 Å². The molecule has 2 fully saturated rings. The van der Waals surface area contributed by atoms with E-state index in [0.717, 1.165) is 81.1 Å². The van der Waals surface area contributed by atoms with Gasteiger partial charge < -0.3 is 15.1 Å². The predicted molar refractivity (Wildman–Crippen MR) is 137 cm³/mol. The largest absolute Gasteiger partial charge is 0.356 e. The number of carbonyl (C=O) groups excluding carboxylic acids is 1. The fraction of sp³-hybridized carbons (Fsp3) is 0.750. The minimum absolute atomic E-state index is 0. The normalized spacial score (nSPS) is 18.6. The molecule has 1 amide bonds. The number of carbonyl (C=O) groups is 1. The number of hydrogen-bond acceptors (Lipinski definition) is 6. The first-order chi connectivity index (χ1) is 14.3. The Balaban J connectivity index is 0.00000320. The number of guanidine groups is 1. The van der Waals surface area contributed by atoms with Gasteiger partial charge in [-0.05, 0) is 19.3 Å². The van der Waals surface area contributed by atoms with Gasteiger partial charge in [-0.2, -0.15) is 0 Å². The molecular formula is C20H35IN6OS2. The molecule has 2 aliphatic heterocycles. The van der Waals surface area contributed by atoms with Gasteiger partial charge in [0.05, 0.1) is 6.54 Å². The van der Waals surface area contributed by atoms with E-state index < -0.39 is 0 Å². The van der Waals surface area contributed by atoms with Crippen molar-refractivity contribution in [2.75, 3.05) is 65.2 Å². The number of aliphatic imine (C=N–C) groups is 1. The highest BCUT2D eigenvalue weighted by Crippen LogP contribution is 2.20. The quantitative estimate of drug-likeness (QED) is 0.180. The predicted octanol–water partition coefficient (Wildman–Crippen LogP) is 2.84. The second-order valence-electron chi connectivity index (χ2n) is 7.53. The number of thioether (sulfide) groups is 1. The van der Waals surface area contributed by atoms with Crippen LogP contribution in [0.1, 0.15) is 32.1 Å². The summed E-state index contributed by atoms with van der Waals surface area (Å²) in [5, 5.41) is 5.50. The first kappa shape index (κ1) is 25.7. The number of hydrogen-bond donors (Lipinski definition) is 1. The van der Waals surface area contributed by atoms with Gasteiger partial charge in [0.1, 0.15) is 4.34 Å². The molecule has 0 bridgehead atoms. The zero-order valence-electron chi connectivity index (χ0n) is 17.9. The van der Waals surface area contributed by atoms with Gasteiger partial charge in [0, 0.05) is 70.2 Å². The molecule has 0 atom stereocenters. The zero-order valence-corrected chi connectivity index (χ0v) is 21.9. The van der Waals surface area contributed by atoms with E-state index in [0.29, 0.717) is 12.5 Å². The number of thiazole rings is 1. The summed E-state index contributed by atoms with van der Waals surface area (Å²) in [6, 6.07) is 0. The number of nitrogens with zero attached hydrogens (tertiary/aromatic N) is 5. The maximum absolute atomic E-state index is 12.6. The molecule has 1 aromatic rings. The van der Waals surface area contributed by atoms with Crippen LogP contribution in [0.25, 0.3) is 0 Å². The summed E-state index contributed by atoms with van der Waals surface area (Å²) < 4.78 is 1.14. The van der Waals surface area contributed by atoms with E-state index in [9.17, 15) is 4.79 Å². The second kappa shape index (κ2) is 14.5. The van der Waals surface area contributed by atoms with Gasteiger partial charge >= 0.3 is 0 Å². The van der Waals surface area contributed by atoms with Crippen LogP contribution in [0.15, 0.2) is 20.9 Å². The molecule has 10 heteroatoms. The average molecular weight is 567 g/mol. The van der Waals surface area contributed by atoms with E-state index in [1.54, 1.807) is 11.3 Å². The number of piperazine rings is 1. The molecule has 0 aromatic carbocycles. The molecule has 0 spiro atoms. The lowest BCUT2D eigenvalue weighted by molar-refractivity contribution is -0.132. The number of likely N-dealkylation sites (tertiary alicyclic amines) is 1. The van der Waals surface area contributed by atoms with Crippen LogP contribution in [-0.4, -0.2) is 96.7 Å². The van der Waals surface area contributed by atoms with Crippen LogP contribution < -0.4 is 5.32 Å². The molecule has 1 aromatic heterocycles. The number of amides is 1. The third-order valence-electron chi connectivity index (χ3n) is 5.44. The summed E-state index contributed by atoms with van der Waals surface area (Å²) in [7, 11) is 1.85. The zero-order chi connectivity index (χ0) is 20.3. The smallest absolute Gasteiger partial charge is 0.236 e. The topological polar surface area (TPSA) is 64.1 Å². The fourth-order valence-corrected chi connectivity index (χ4v) is 5.42. The van der Waals surface area contributed by atoms with E-state index in [4.69, 9.17) is 0 Å². The Kier molecular flexibility index (Phi) is 12.4. The summed E-state index contributed by atoms with van der Waals surface area (Å²) in [4.78, 5) is 28.0. The Morgan fingerprint density at radius 2 is 1.87 bits per heavy atom. The van der Waals surface area contributed by atoms with Crippen molar-refractivity contribution in [1.82, 2.24) is 25.0 Å². The van der Waals surface area contributed by atoms with Gasteiger partial charge in [0.15, 0.2) is 5.96 Å². The maximum Gasteiger partial charge on any atom is 0.236 e. The monoisotopic (exact) mass is 566 g/mol. The molecular weight excluding hydrogens is 531 g/mol. The Hall–Kier alpha value is -0.590. The molecule has 30 heavy (non-hydrogen) atoms. The molecule has 1 N–H and O–H groups in total. The van der Waals surface area contributed by atoms with Crippen LogP contribution in [0.4, 0.5) is 0 Å². The van der Waals surface area contributed by atoms with E-state index in [1.165, 1.54) is 12.8 Å². The van der Waals surface area contributed by atoms with Crippen molar-refractivity contribution in [3.63, 3.8) is 0 Å². The third kappa shape index (κ3) is 8.51. The van der Waals surface area contributed by atoms with E-state index in [-0.39, 0.29) is 24.0 Å². The Morgan fingerprint density at radius 1 is 1.13 bits per heavy atom. The lowest BCUT2D eigenvalue weighted by atomic mass is 10.2. The van der Waals surface area contributed by atoms with E-state index in [1.807, 2.05) is 30.4 Å². The van der Waals surface area contributed by atoms with Crippen molar-refractivity contribution in [3.05, 3.63) is 11.6 Å². The molecule has 0 saturated carbocycles. The van der Waals surface area contributed by atoms with Crippen molar-refractivity contribution in [1.29, 1.82) is 0 Å². The van der Waals surface area contributed by atoms with Crippen LogP contribution >= 0.6 is 47.1 Å². The van der Waals surface area contributed by atoms with Crippen molar-refractivity contribution in [2.45, 2.75) is 36.4 Å². The molecule has 170 valence electrons. The van der Waals surface area contributed by atoms with Crippen LogP contribution in [0.2, 0.25) is 0 Å². The highest BCUT2D eigenvalue weighted by molar-refractivity contribution is 14.0. The first-order valence-electron chi connectivity index (χ1n) is 10.7. The van der Waals surface area contributed by atoms with Crippen molar-refractivity contribution in [3.8, 4) is 0 Å². The summed E-state index contributed by atoms with van der Waals surface area (Å²) >= 11 is 3.51. The van der Waals surface area contributed by atoms with Crippen LogP contribution in [0.5, 0.6) is 0 Å². The number of aromatic nitrogens is 1. The van der Waals surface area contributed by atoms with Crippen LogP contribution in [0.3, 0.4) is 0 Å². The van der Waals surface area contributed by atoms with Crippen molar-refractivity contribution in [2.24, 2.45) is 4.99 Å². The molecule has 3 heterocycles. The maximum atomic E-state index is 12.6. The van der Waals surface area contributed by atoms with Crippen molar-refractivity contribution >= 4 is 58.9 Å². The molecule has 3 rings (SSSR count). The molecule has 2 saturated heterocycles. The summed E-state index contributed by atoms with van der Waals surface area (Å²) in [6.07, 6.45) is 7.77.